The molecule has 1 saturated heterocycles. The second kappa shape index (κ2) is 9.70. The molecule has 7 heteroatoms. The maximum Gasteiger partial charge on any atom is 0.255 e. The summed E-state index contributed by atoms with van der Waals surface area (Å²) >= 11 is 0. The van der Waals surface area contributed by atoms with Crippen LogP contribution in [0.5, 0.6) is 0 Å². The molecule has 2 aromatic carbocycles. The second-order valence-electron chi connectivity index (χ2n) is 11.8. The van der Waals surface area contributed by atoms with E-state index in [-0.39, 0.29) is 23.9 Å². The average Bonchev–Trinajstić information content (AvgIpc) is 3.48. The van der Waals surface area contributed by atoms with E-state index in [2.05, 4.69) is 35.4 Å². The Bertz CT molecular complexity index is 1370. The molecule has 2 N–H and O–H groups in total. The molecule has 2 amide bonds. The fraction of sp³-hybridized carbons (Fsp3) is 0.452. The number of aromatic amines is 1. The number of benzene rings is 2. The van der Waals surface area contributed by atoms with Crippen LogP contribution in [0.2, 0.25) is 0 Å². The van der Waals surface area contributed by atoms with Crippen molar-refractivity contribution in [3.05, 3.63) is 76.0 Å². The number of hydrogen-bond acceptors (Lipinski definition) is 4. The summed E-state index contributed by atoms with van der Waals surface area (Å²) in [5.74, 6) is -0.0106. The highest BCUT2D eigenvalue weighted by Gasteiger charge is 2.33. The molecule has 0 spiro atoms. The van der Waals surface area contributed by atoms with E-state index in [0.717, 1.165) is 60.1 Å². The van der Waals surface area contributed by atoms with Crippen molar-refractivity contribution in [2.45, 2.75) is 71.5 Å². The monoisotopic (exact) mass is 512 g/mol. The molecule has 3 aliphatic rings. The summed E-state index contributed by atoms with van der Waals surface area (Å²) in [4.78, 5) is 27.9. The van der Waals surface area contributed by atoms with Gasteiger partial charge < -0.3 is 15.0 Å². The Hall–Kier alpha value is -3.45. The highest BCUT2D eigenvalue weighted by molar-refractivity contribution is 5.99. The quantitative estimate of drug-likeness (QED) is 0.491. The summed E-state index contributed by atoms with van der Waals surface area (Å²) in [6.07, 6.45) is 4.88. The summed E-state index contributed by atoms with van der Waals surface area (Å²) < 4.78 is 5.38. The minimum atomic E-state index is -0.105. The van der Waals surface area contributed by atoms with E-state index < -0.39 is 0 Å². The molecule has 0 bridgehead atoms. The van der Waals surface area contributed by atoms with Gasteiger partial charge in [0.1, 0.15) is 0 Å². The SMILES string of the molecule is C[C@H](c1ccc(C(=O)NC2CCOCC2)cc1)N1Cc2cc(-c3n[nH]c4c3CCC(C)(C)C4)ccc2C1=O. The van der Waals surface area contributed by atoms with Gasteiger partial charge in [0, 0.05) is 53.7 Å². The zero-order valence-corrected chi connectivity index (χ0v) is 22.5. The van der Waals surface area contributed by atoms with Gasteiger partial charge in [-0.25, -0.2) is 0 Å². The highest BCUT2D eigenvalue weighted by Crippen LogP contribution is 2.39. The lowest BCUT2D eigenvalue weighted by Gasteiger charge is -2.29. The molecule has 0 saturated carbocycles. The standard InChI is InChI=1S/C31H36N4O3/c1-19(20-4-6-21(7-5-20)29(36)32-24-11-14-38-15-12-24)35-18-23-16-22(8-9-25(23)30(35)37)28-26-10-13-31(2,3)17-27(26)33-34-28/h4-9,16,19,24H,10-15,17-18H2,1-3H3,(H,32,36)(H,33,34)/t19-/m1/s1. The molecule has 2 aliphatic heterocycles. The van der Waals surface area contributed by atoms with Crippen molar-refractivity contribution in [1.29, 1.82) is 0 Å². The van der Waals surface area contributed by atoms with Crippen molar-refractivity contribution in [3.63, 3.8) is 0 Å². The van der Waals surface area contributed by atoms with Crippen LogP contribution in [0, 0.1) is 5.41 Å². The summed E-state index contributed by atoms with van der Waals surface area (Å²) in [7, 11) is 0. The number of nitrogens with one attached hydrogen (secondary N) is 2. The molecule has 7 nitrogen and oxygen atoms in total. The number of nitrogens with zero attached hydrogens (tertiary/aromatic N) is 2. The number of carbonyl (C=O) groups excluding carboxylic acids is 2. The van der Waals surface area contributed by atoms with E-state index in [1.54, 1.807) is 0 Å². The van der Waals surface area contributed by atoms with Crippen molar-refractivity contribution in [1.82, 2.24) is 20.4 Å². The van der Waals surface area contributed by atoms with Gasteiger partial charge in [-0.3, -0.25) is 14.7 Å². The number of ether oxygens (including phenoxy) is 1. The smallest absolute Gasteiger partial charge is 0.255 e. The average molecular weight is 513 g/mol. The van der Waals surface area contributed by atoms with Crippen molar-refractivity contribution >= 4 is 11.8 Å². The second-order valence-corrected chi connectivity index (χ2v) is 11.8. The van der Waals surface area contributed by atoms with Crippen LogP contribution in [0.4, 0.5) is 0 Å². The minimum absolute atomic E-state index is 0.0474. The Morgan fingerprint density at radius 1 is 1.16 bits per heavy atom. The Kier molecular flexibility index (Phi) is 6.34. The van der Waals surface area contributed by atoms with Crippen LogP contribution < -0.4 is 5.32 Å². The molecule has 1 fully saturated rings. The van der Waals surface area contributed by atoms with Crippen LogP contribution in [0.1, 0.15) is 89.2 Å². The van der Waals surface area contributed by atoms with E-state index in [4.69, 9.17) is 4.74 Å². The number of rotatable bonds is 5. The number of carbonyl (C=O) groups is 2. The zero-order chi connectivity index (χ0) is 26.4. The molecule has 1 atom stereocenters. The van der Waals surface area contributed by atoms with Crippen molar-refractivity contribution in [3.8, 4) is 11.3 Å². The number of aromatic nitrogens is 2. The number of hydrogen-bond donors (Lipinski definition) is 2. The van der Waals surface area contributed by atoms with E-state index in [1.807, 2.05) is 48.2 Å². The lowest BCUT2D eigenvalue weighted by Crippen LogP contribution is -2.38. The van der Waals surface area contributed by atoms with Gasteiger partial charge in [-0.15, -0.1) is 0 Å². The third kappa shape index (κ3) is 4.64. The van der Waals surface area contributed by atoms with Gasteiger partial charge in [0.05, 0.1) is 11.7 Å². The molecule has 0 radical (unpaired) electrons. The lowest BCUT2D eigenvalue weighted by atomic mass is 9.76. The molecule has 198 valence electrons. The summed E-state index contributed by atoms with van der Waals surface area (Å²) in [6, 6.07) is 13.8. The summed E-state index contributed by atoms with van der Waals surface area (Å²) in [5.41, 5.74) is 8.41. The molecular formula is C31H36N4O3. The molecule has 6 rings (SSSR count). The molecule has 1 aliphatic carbocycles. The van der Waals surface area contributed by atoms with Crippen LogP contribution >= 0.6 is 0 Å². The van der Waals surface area contributed by atoms with Crippen molar-refractivity contribution in [2.75, 3.05) is 13.2 Å². The predicted molar refractivity (Wildman–Crippen MR) is 146 cm³/mol. The van der Waals surface area contributed by atoms with Crippen LogP contribution in [0.25, 0.3) is 11.3 Å². The number of amides is 2. The van der Waals surface area contributed by atoms with Gasteiger partial charge >= 0.3 is 0 Å². The molecular weight excluding hydrogens is 476 g/mol. The first-order valence-electron chi connectivity index (χ1n) is 13.8. The van der Waals surface area contributed by atoms with Gasteiger partial charge in [0.2, 0.25) is 0 Å². The largest absolute Gasteiger partial charge is 0.381 e. The topological polar surface area (TPSA) is 87.3 Å². The fourth-order valence-electron chi connectivity index (χ4n) is 6.09. The molecule has 3 aromatic rings. The van der Waals surface area contributed by atoms with Gasteiger partial charge in [0.15, 0.2) is 0 Å². The zero-order valence-electron chi connectivity index (χ0n) is 22.5. The van der Waals surface area contributed by atoms with Crippen LogP contribution in [-0.2, 0) is 24.1 Å². The fourth-order valence-corrected chi connectivity index (χ4v) is 6.09. The normalized spacial score (nSPS) is 19.7. The van der Waals surface area contributed by atoms with Crippen molar-refractivity contribution in [2.24, 2.45) is 5.41 Å². The number of fused-ring (bicyclic) bond motifs is 2. The highest BCUT2D eigenvalue weighted by atomic mass is 16.5. The Morgan fingerprint density at radius 3 is 2.68 bits per heavy atom. The Balaban J connectivity index is 1.16. The summed E-state index contributed by atoms with van der Waals surface area (Å²) in [5, 5.41) is 11.1. The van der Waals surface area contributed by atoms with Crippen molar-refractivity contribution < 1.29 is 14.3 Å². The number of H-pyrrole nitrogens is 1. The first-order valence-corrected chi connectivity index (χ1v) is 13.8. The molecule has 38 heavy (non-hydrogen) atoms. The maximum absolute atomic E-state index is 13.3. The van der Waals surface area contributed by atoms with Gasteiger partial charge in [-0.2, -0.15) is 5.10 Å². The van der Waals surface area contributed by atoms with Gasteiger partial charge in [-0.05, 0) is 79.8 Å². The molecule has 1 aromatic heterocycles. The summed E-state index contributed by atoms with van der Waals surface area (Å²) in [6.45, 7) is 8.61. The van der Waals surface area contributed by atoms with Gasteiger partial charge in [-0.1, -0.05) is 32.0 Å². The molecule has 0 unspecified atom stereocenters. The first-order chi connectivity index (χ1) is 18.3. The van der Waals surface area contributed by atoms with E-state index in [9.17, 15) is 9.59 Å². The Morgan fingerprint density at radius 2 is 1.92 bits per heavy atom. The third-order valence-corrected chi connectivity index (χ3v) is 8.55. The van der Waals surface area contributed by atoms with E-state index in [0.29, 0.717) is 30.7 Å². The third-order valence-electron chi connectivity index (χ3n) is 8.55. The minimum Gasteiger partial charge on any atom is -0.381 e. The Labute approximate surface area is 224 Å². The lowest BCUT2D eigenvalue weighted by molar-refractivity contribution is 0.0693. The predicted octanol–water partition coefficient (Wildman–Crippen LogP) is 5.22. The van der Waals surface area contributed by atoms with E-state index >= 15 is 0 Å². The van der Waals surface area contributed by atoms with Crippen LogP contribution in [0.3, 0.4) is 0 Å². The van der Waals surface area contributed by atoms with Crippen LogP contribution in [0.15, 0.2) is 42.5 Å². The van der Waals surface area contributed by atoms with E-state index in [1.165, 1.54) is 11.3 Å². The first kappa shape index (κ1) is 24.9. The maximum atomic E-state index is 13.3. The van der Waals surface area contributed by atoms with Gasteiger partial charge in [0.25, 0.3) is 11.8 Å². The molecule has 3 heterocycles. The van der Waals surface area contributed by atoms with Crippen LogP contribution in [-0.4, -0.2) is 46.2 Å².